The van der Waals surface area contributed by atoms with E-state index in [-0.39, 0.29) is 11.7 Å². The molecule has 1 saturated heterocycles. The Labute approximate surface area is 185 Å². The van der Waals surface area contributed by atoms with Crippen LogP contribution in [0.4, 0.5) is 5.82 Å². The molecular formula is C18H21Cl3N4O3S. The zero-order valence-corrected chi connectivity index (χ0v) is 18.6. The Bertz CT molecular complexity index is 897. The normalized spacial score (nSPS) is 21.9. The minimum Gasteiger partial charge on any atom is -0.354 e. The van der Waals surface area contributed by atoms with Crippen molar-refractivity contribution in [2.45, 2.75) is 12.5 Å². The van der Waals surface area contributed by atoms with E-state index >= 15 is 0 Å². The van der Waals surface area contributed by atoms with Crippen LogP contribution in [-0.4, -0.2) is 62.1 Å². The molecule has 1 aromatic rings. The van der Waals surface area contributed by atoms with Gasteiger partial charge in [-0.15, -0.1) is 0 Å². The molecule has 11 heteroatoms. The Hall–Kier alpha value is -1.32. The Kier molecular flexibility index (Phi) is 7.45. The van der Waals surface area contributed by atoms with E-state index in [9.17, 15) is 13.2 Å². The highest BCUT2D eigenvalue weighted by molar-refractivity contribution is 7.89. The van der Waals surface area contributed by atoms with Gasteiger partial charge in [0, 0.05) is 43.3 Å². The number of nitrogens with one attached hydrogen (secondary N) is 1. The second-order valence-corrected chi connectivity index (χ2v) is 10.2. The molecule has 0 bridgehead atoms. The van der Waals surface area contributed by atoms with Crippen LogP contribution < -0.4 is 10.2 Å². The van der Waals surface area contributed by atoms with E-state index in [0.29, 0.717) is 54.1 Å². The van der Waals surface area contributed by atoms with Crippen LogP contribution in [0.5, 0.6) is 0 Å². The molecule has 0 saturated carbocycles. The van der Waals surface area contributed by atoms with Gasteiger partial charge in [0.2, 0.25) is 16.4 Å². The SMILES string of the molecule is O=CNC(CS(=O)(=O)N1CCN(c2ccc(Cl)cn2)CC1)C1C=CC(Cl)=C(Cl)C1. The predicted molar refractivity (Wildman–Crippen MR) is 116 cm³/mol. The quantitative estimate of drug-likeness (QED) is 0.608. The van der Waals surface area contributed by atoms with Crippen molar-refractivity contribution in [1.29, 1.82) is 0 Å². The van der Waals surface area contributed by atoms with Crippen LogP contribution in [0.2, 0.25) is 5.02 Å². The van der Waals surface area contributed by atoms with Crippen molar-refractivity contribution in [3.63, 3.8) is 0 Å². The standard InChI is InChI=1S/C18H21Cl3N4O3S/c19-14-2-4-18(22-10-14)24-5-7-25(8-6-24)29(27,28)11-17(23-12-26)13-1-3-15(20)16(21)9-13/h1-4,10,12-13,17H,5-9,11H2,(H,23,26). The van der Waals surface area contributed by atoms with Gasteiger partial charge in [0.1, 0.15) is 5.82 Å². The third-order valence-corrected chi connectivity index (χ3v) is 7.99. The maximum Gasteiger partial charge on any atom is 0.216 e. The lowest BCUT2D eigenvalue weighted by Crippen LogP contribution is -2.52. The molecule has 0 radical (unpaired) electrons. The van der Waals surface area contributed by atoms with E-state index in [1.807, 2.05) is 11.0 Å². The first-order valence-electron chi connectivity index (χ1n) is 9.06. The van der Waals surface area contributed by atoms with Crippen LogP contribution in [0.15, 0.2) is 40.5 Å². The number of amides is 1. The van der Waals surface area contributed by atoms with E-state index < -0.39 is 16.1 Å². The predicted octanol–water partition coefficient (Wildman–Crippen LogP) is 2.57. The number of carbonyl (C=O) groups is 1. The molecule has 0 spiro atoms. The number of anilines is 1. The van der Waals surface area contributed by atoms with Gasteiger partial charge in [-0.05, 0) is 24.6 Å². The van der Waals surface area contributed by atoms with Gasteiger partial charge in [0.15, 0.2) is 0 Å². The summed E-state index contributed by atoms with van der Waals surface area (Å²) in [6.45, 7) is 1.72. The summed E-state index contributed by atoms with van der Waals surface area (Å²) in [5.41, 5.74) is 0. The van der Waals surface area contributed by atoms with Gasteiger partial charge >= 0.3 is 0 Å². The third-order valence-electron chi connectivity index (χ3n) is 5.02. The summed E-state index contributed by atoms with van der Waals surface area (Å²) in [4.78, 5) is 17.3. The van der Waals surface area contributed by atoms with Gasteiger partial charge < -0.3 is 10.2 Å². The fourth-order valence-corrected chi connectivity index (χ4v) is 5.64. The van der Waals surface area contributed by atoms with Crippen molar-refractivity contribution in [1.82, 2.24) is 14.6 Å². The highest BCUT2D eigenvalue weighted by atomic mass is 35.5. The number of carbonyl (C=O) groups excluding carboxylic acids is 1. The Balaban J connectivity index is 1.63. The number of halogens is 3. The highest BCUT2D eigenvalue weighted by Gasteiger charge is 2.33. The first kappa shape index (κ1) is 22.4. The molecule has 2 unspecified atom stereocenters. The molecule has 2 heterocycles. The molecule has 7 nitrogen and oxygen atoms in total. The molecule has 1 aliphatic heterocycles. The van der Waals surface area contributed by atoms with Crippen LogP contribution in [0.3, 0.4) is 0 Å². The smallest absolute Gasteiger partial charge is 0.216 e. The summed E-state index contributed by atoms with van der Waals surface area (Å²) in [6.07, 6.45) is 5.90. The fraction of sp³-hybridized carbons (Fsp3) is 0.444. The number of nitrogens with zero attached hydrogens (tertiary/aromatic N) is 3. The number of sulfonamides is 1. The molecule has 29 heavy (non-hydrogen) atoms. The minimum absolute atomic E-state index is 0.207. The van der Waals surface area contributed by atoms with Crippen molar-refractivity contribution < 1.29 is 13.2 Å². The van der Waals surface area contributed by atoms with Gasteiger partial charge in [-0.25, -0.2) is 13.4 Å². The maximum atomic E-state index is 13.0. The van der Waals surface area contributed by atoms with Crippen LogP contribution >= 0.6 is 34.8 Å². The summed E-state index contributed by atoms with van der Waals surface area (Å²) < 4.78 is 27.4. The topological polar surface area (TPSA) is 82.6 Å². The summed E-state index contributed by atoms with van der Waals surface area (Å²) >= 11 is 17.9. The van der Waals surface area contributed by atoms with Crippen molar-refractivity contribution in [3.05, 3.63) is 45.6 Å². The average Bonchev–Trinajstić information content (AvgIpc) is 2.70. The molecule has 1 aliphatic carbocycles. The third kappa shape index (κ3) is 5.64. The first-order chi connectivity index (χ1) is 13.8. The van der Waals surface area contributed by atoms with E-state index in [2.05, 4.69) is 10.3 Å². The van der Waals surface area contributed by atoms with Crippen LogP contribution in [0.1, 0.15) is 6.42 Å². The minimum atomic E-state index is -3.58. The molecule has 1 N–H and O–H groups in total. The van der Waals surface area contributed by atoms with E-state index in [1.165, 1.54) is 4.31 Å². The molecule has 2 atom stereocenters. The number of hydrogen-bond donors (Lipinski definition) is 1. The lowest BCUT2D eigenvalue weighted by molar-refractivity contribution is -0.110. The second-order valence-electron chi connectivity index (χ2n) is 6.87. The van der Waals surface area contributed by atoms with Crippen molar-refractivity contribution in [2.24, 2.45) is 5.92 Å². The Morgan fingerprint density at radius 3 is 2.52 bits per heavy atom. The van der Waals surface area contributed by atoms with Crippen molar-refractivity contribution >= 4 is 57.1 Å². The van der Waals surface area contributed by atoms with Gasteiger partial charge in [0.05, 0.1) is 21.8 Å². The fourth-order valence-electron chi connectivity index (χ4n) is 3.41. The molecule has 2 aliphatic rings. The average molecular weight is 480 g/mol. The summed E-state index contributed by atoms with van der Waals surface area (Å²) in [6, 6.07) is 2.98. The van der Waals surface area contributed by atoms with Gasteiger partial charge in [0.25, 0.3) is 0 Å². The largest absolute Gasteiger partial charge is 0.354 e. The summed E-state index contributed by atoms with van der Waals surface area (Å²) in [7, 11) is -3.58. The molecule has 3 rings (SSSR count). The van der Waals surface area contributed by atoms with Gasteiger partial charge in [-0.3, -0.25) is 4.79 Å². The van der Waals surface area contributed by atoms with E-state index in [1.54, 1.807) is 24.4 Å². The molecular weight excluding hydrogens is 459 g/mol. The zero-order chi connectivity index (χ0) is 21.0. The number of rotatable bonds is 7. The van der Waals surface area contributed by atoms with Crippen LogP contribution in [-0.2, 0) is 14.8 Å². The second kappa shape index (κ2) is 9.66. The molecule has 0 aromatic carbocycles. The summed E-state index contributed by atoms with van der Waals surface area (Å²) in [5.74, 6) is 0.309. The molecule has 1 fully saturated rings. The molecule has 1 amide bonds. The molecule has 1 aromatic heterocycles. The zero-order valence-electron chi connectivity index (χ0n) is 15.5. The van der Waals surface area contributed by atoms with E-state index in [4.69, 9.17) is 34.8 Å². The van der Waals surface area contributed by atoms with Crippen LogP contribution in [0, 0.1) is 5.92 Å². The Morgan fingerprint density at radius 1 is 1.21 bits per heavy atom. The lowest BCUT2D eigenvalue weighted by atomic mass is 9.93. The maximum absolute atomic E-state index is 13.0. The van der Waals surface area contributed by atoms with E-state index in [0.717, 1.165) is 5.82 Å². The number of piperazine rings is 1. The number of allylic oxidation sites excluding steroid dienone is 3. The number of aromatic nitrogens is 1. The number of hydrogen-bond acceptors (Lipinski definition) is 5. The Morgan fingerprint density at radius 2 is 1.93 bits per heavy atom. The number of pyridine rings is 1. The summed E-state index contributed by atoms with van der Waals surface area (Å²) in [5, 5.41) is 4.07. The molecule has 158 valence electrons. The lowest BCUT2D eigenvalue weighted by Gasteiger charge is -2.36. The van der Waals surface area contributed by atoms with Gasteiger partial charge in [-0.1, -0.05) is 40.9 Å². The van der Waals surface area contributed by atoms with Gasteiger partial charge in [-0.2, -0.15) is 4.31 Å². The first-order valence-corrected chi connectivity index (χ1v) is 11.8. The highest BCUT2D eigenvalue weighted by Crippen LogP contribution is 2.31. The monoisotopic (exact) mass is 478 g/mol. The van der Waals surface area contributed by atoms with Crippen LogP contribution in [0.25, 0.3) is 0 Å². The van der Waals surface area contributed by atoms with Crippen molar-refractivity contribution in [3.8, 4) is 0 Å². The van der Waals surface area contributed by atoms with Crippen molar-refractivity contribution in [2.75, 3.05) is 36.8 Å².